The van der Waals surface area contributed by atoms with Crippen LogP contribution in [0.5, 0.6) is 0 Å². The molecule has 2 N–H and O–H groups in total. The summed E-state index contributed by atoms with van der Waals surface area (Å²) >= 11 is 0. The van der Waals surface area contributed by atoms with E-state index in [0.717, 1.165) is 36.2 Å². The van der Waals surface area contributed by atoms with Crippen LogP contribution in [0.1, 0.15) is 35.4 Å². The van der Waals surface area contributed by atoms with Crippen molar-refractivity contribution < 1.29 is 9.59 Å². The molecule has 2 atom stereocenters. The van der Waals surface area contributed by atoms with Gasteiger partial charge in [0.15, 0.2) is 0 Å². The SMILES string of the molecule is Cn1cc([C@H]2CNC[C@@H]2C(=O)NCc2ccc(CN3CCCC3=O)cc2)cn1. The fraction of sp³-hybridized carbons (Fsp3) is 0.476. The van der Waals surface area contributed by atoms with E-state index in [-0.39, 0.29) is 23.7 Å². The van der Waals surface area contributed by atoms with Crippen molar-refractivity contribution in [3.63, 3.8) is 0 Å². The summed E-state index contributed by atoms with van der Waals surface area (Å²) in [5.41, 5.74) is 3.30. The molecule has 0 saturated carbocycles. The van der Waals surface area contributed by atoms with Gasteiger partial charge in [0.2, 0.25) is 11.8 Å². The first-order chi connectivity index (χ1) is 13.6. The normalized spacial score (nSPS) is 22.0. The highest BCUT2D eigenvalue weighted by atomic mass is 16.2. The first-order valence-electron chi connectivity index (χ1n) is 9.93. The van der Waals surface area contributed by atoms with Crippen LogP contribution in [-0.2, 0) is 29.7 Å². The Morgan fingerprint density at radius 1 is 1.25 bits per heavy atom. The van der Waals surface area contributed by atoms with E-state index < -0.39 is 0 Å². The molecular formula is C21H27N5O2. The van der Waals surface area contributed by atoms with E-state index in [9.17, 15) is 9.59 Å². The summed E-state index contributed by atoms with van der Waals surface area (Å²) in [6.07, 6.45) is 5.46. The number of carbonyl (C=O) groups is 2. The van der Waals surface area contributed by atoms with Gasteiger partial charge in [-0.15, -0.1) is 0 Å². The molecule has 3 heterocycles. The van der Waals surface area contributed by atoms with Gasteiger partial charge in [0, 0.05) is 58.3 Å². The molecule has 2 saturated heterocycles. The third kappa shape index (κ3) is 4.09. The Morgan fingerprint density at radius 2 is 2.04 bits per heavy atom. The smallest absolute Gasteiger partial charge is 0.225 e. The van der Waals surface area contributed by atoms with E-state index in [1.807, 2.05) is 48.6 Å². The number of aryl methyl sites for hydroxylation is 1. The topological polar surface area (TPSA) is 79.3 Å². The van der Waals surface area contributed by atoms with Crippen molar-refractivity contribution >= 4 is 11.8 Å². The highest BCUT2D eigenvalue weighted by Gasteiger charge is 2.34. The van der Waals surface area contributed by atoms with Crippen molar-refractivity contribution in [3.8, 4) is 0 Å². The number of carbonyl (C=O) groups excluding carboxylic acids is 2. The van der Waals surface area contributed by atoms with E-state index >= 15 is 0 Å². The lowest BCUT2D eigenvalue weighted by atomic mass is 9.90. The van der Waals surface area contributed by atoms with Crippen LogP contribution in [0.25, 0.3) is 0 Å². The van der Waals surface area contributed by atoms with Crippen LogP contribution in [0.2, 0.25) is 0 Å². The van der Waals surface area contributed by atoms with Gasteiger partial charge in [0.25, 0.3) is 0 Å². The van der Waals surface area contributed by atoms with Crippen molar-refractivity contribution in [2.24, 2.45) is 13.0 Å². The molecule has 0 spiro atoms. The van der Waals surface area contributed by atoms with E-state index in [1.54, 1.807) is 4.68 Å². The second kappa shape index (κ2) is 8.14. The maximum atomic E-state index is 12.7. The van der Waals surface area contributed by atoms with Gasteiger partial charge in [-0.2, -0.15) is 5.10 Å². The highest BCUT2D eigenvalue weighted by Crippen LogP contribution is 2.28. The summed E-state index contributed by atoms with van der Waals surface area (Å²) in [4.78, 5) is 26.4. The van der Waals surface area contributed by atoms with Crippen molar-refractivity contribution in [2.75, 3.05) is 19.6 Å². The zero-order chi connectivity index (χ0) is 19.5. The molecule has 7 heteroatoms. The molecule has 0 aliphatic carbocycles. The van der Waals surface area contributed by atoms with Gasteiger partial charge in [-0.1, -0.05) is 24.3 Å². The van der Waals surface area contributed by atoms with Crippen LogP contribution < -0.4 is 10.6 Å². The van der Waals surface area contributed by atoms with Gasteiger partial charge in [-0.05, 0) is 23.1 Å². The predicted molar refractivity (Wildman–Crippen MR) is 105 cm³/mol. The van der Waals surface area contributed by atoms with Gasteiger partial charge in [0.05, 0.1) is 12.1 Å². The van der Waals surface area contributed by atoms with Crippen molar-refractivity contribution in [1.29, 1.82) is 0 Å². The minimum atomic E-state index is -0.0790. The Balaban J connectivity index is 1.31. The maximum Gasteiger partial charge on any atom is 0.225 e. The molecule has 2 fully saturated rings. The molecule has 0 radical (unpaired) electrons. The van der Waals surface area contributed by atoms with Gasteiger partial charge in [0.1, 0.15) is 0 Å². The van der Waals surface area contributed by atoms with Crippen LogP contribution in [0.4, 0.5) is 0 Å². The quantitative estimate of drug-likeness (QED) is 0.787. The lowest BCUT2D eigenvalue weighted by molar-refractivity contribution is -0.128. The largest absolute Gasteiger partial charge is 0.352 e. The minimum absolute atomic E-state index is 0.0746. The average Bonchev–Trinajstić information content (AvgIpc) is 3.43. The molecule has 2 amide bonds. The summed E-state index contributed by atoms with van der Waals surface area (Å²) in [7, 11) is 1.89. The average molecular weight is 381 g/mol. The molecule has 0 bridgehead atoms. The molecule has 2 aliphatic rings. The fourth-order valence-corrected chi connectivity index (χ4v) is 4.11. The van der Waals surface area contributed by atoms with Crippen LogP contribution in [0.15, 0.2) is 36.7 Å². The Hall–Kier alpha value is -2.67. The first-order valence-corrected chi connectivity index (χ1v) is 9.93. The number of hydrogen-bond donors (Lipinski definition) is 2. The van der Waals surface area contributed by atoms with Crippen LogP contribution in [0, 0.1) is 5.92 Å². The van der Waals surface area contributed by atoms with Gasteiger partial charge in [-0.3, -0.25) is 14.3 Å². The lowest BCUT2D eigenvalue weighted by Crippen LogP contribution is -2.33. The third-order valence-corrected chi connectivity index (χ3v) is 5.74. The molecular weight excluding hydrogens is 354 g/mol. The first kappa shape index (κ1) is 18.7. The summed E-state index contributed by atoms with van der Waals surface area (Å²) in [5, 5.41) is 10.6. The van der Waals surface area contributed by atoms with Gasteiger partial charge in [-0.25, -0.2) is 0 Å². The second-order valence-corrected chi connectivity index (χ2v) is 7.77. The highest BCUT2D eigenvalue weighted by molar-refractivity contribution is 5.80. The number of rotatable bonds is 6. The molecule has 2 aromatic rings. The van der Waals surface area contributed by atoms with E-state index in [1.165, 1.54) is 0 Å². The summed E-state index contributed by atoms with van der Waals surface area (Å²) in [5.74, 6) is 0.397. The Kier molecular flexibility index (Phi) is 5.43. The Bertz CT molecular complexity index is 845. The molecule has 1 aromatic carbocycles. The zero-order valence-corrected chi connectivity index (χ0v) is 16.2. The minimum Gasteiger partial charge on any atom is -0.352 e. The second-order valence-electron chi connectivity index (χ2n) is 7.77. The standard InChI is InChI=1S/C21H27N5O2/c1-25-14-17(10-24-25)18-11-22-12-19(18)21(28)23-9-15-4-6-16(7-5-15)13-26-8-2-3-20(26)27/h4-7,10,14,18-19,22H,2-3,8-9,11-13H2,1H3,(H,23,28)/t18-,19+/m1/s1. The number of nitrogens with zero attached hydrogens (tertiary/aromatic N) is 3. The van der Waals surface area contributed by atoms with E-state index in [2.05, 4.69) is 15.7 Å². The van der Waals surface area contributed by atoms with Gasteiger partial charge >= 0.3 is 0 Å². The number of aromatic nitrogens is 2. The van der Waals surface area contributed by atoms with E-state index in [4.69, 9.17) is 0 Å². The fourth-order valence-electron chi connectivity index (χ4n) is 4.11. The molecule has 0 unspecified atom stereocenters. The summed E-state index contributed by atoms with van der Waals surface area (Å²) in [6.45, 7) is 3.52. The predicted octanol–water partition coefficient (Wildman–Crippen LogP) is 1.16. The molecule has 7 nitrogen and oxygen atoms in total. The summed E-state index contributed by atoms with van der Waals surface area (Å²) in [6, 6.07) is 8.15. The van der Waals surface area contributed by atoms with Crippen LogP contribution in [-0.4, -0.2) is 46.1 Å². The molecule has 2 aliphatic heterocycles. The van der Waals surface area contributed by atoms with Crippen molar-refractivity contribution in [3.05, 3.63) is 53.3 Å². The zero-order valence-electron chi connectivity index (χ0n) is 16.2. The molecule has 4 rings (SSSR count). The summed E-state index contributed by atoms with van der Waals surface area (Å²) < 4.78 is 1.78. The lowest BCUT2D eigenvalue weighted by Gasteiger charge is -2.17. The number of likely N-dealkylation sites (tertiary alicyclic amines) is 1. The van der Waals surface area contributed by atoms with Crippen LogP contribution >= 0.6 is 0 Å². The Labute approximate surface area is 165 Å². The maximum absolute atomic E-state index is 12.7. The number of hydrogen-bond acceptors (Lipinski definition) is 4. The molecule has 1 aromatic heterocycles. The Morgan fingerprint density at radius 3 is 2.71 bits per heavy atom. The molecule has 148 valence electrons. The van der Waals surface area contributed by atoms with Crippen molar-refractivity contribution in [2.45, 2.75) is 31.8 Å². The monoisotopic (exact) mass is 381 g/mol. The van der Waals surface area contributed by atoms with Gasteiger partial charge < -0.3 is 15.5 Å². The van der Waals surface area contributed by atoms with Crippen molar-refractivity contribution in [1.82, 2.24) is 25.3 Å². The third-order valence-electron chi connectivity index (χ3n) is 5.74. The molecule has 28 heavy (non-hydrogen) atoms. The van der Waals surface area contributed by atoms with E-state index in [0.29, 0.717) is 26.1 Å². The number of amides is 2. The van der Waals surface area contributed by atoms with Crippen LogP contribution in [0.3, 0.4) is 0 Å². The number of benzene rings is 1. The number of nitrogens with one attached hydrogen (secondary N) is 2.